The molecule has 0 unspecified atom stereocenters. The van der Waals surface area contributed by atoms with Gasteiger partial charge in [-0.05, 0) is 43.2 Å². The zero-order chi connectivity index (χ0) is 19.9. The second-order valence-corrected chi connectivity index (χ2v) is 6.27. The fraction of sp³-hybridized carbons (Fsp3) is 0.143. The second-order valence-electron chi connectivity index (χ2n) is 6.27. The molecule has 0 radical (unpaired) electrons. The maximum atomic E-state index is 12.2. The Labute approximate surface area is 163 Å². The van der Waals surface area contributed by atoms with Crippen LogP contribution in [0.15, 0.2) is 60.7 Å². The van der Waals surface area contributed by atoms with Gasteiger partial charge in [0.1, 0.15) is 0 Å². The van der Waals surface area contributed by atoms with E-state index < -0.39 is 5.91 Å². The summed E-state index contributed by atoms with van der Waals surface area (Å²) in [5.74, 6) is -0.428. The van der Waals surface area contributed by atoms with Crippen LogP contribution in [-0.2, 0) is 4.79 Å². The molecular weight excluding hydrogens is 354 g/mol. The monoisotopic (exact) mass is 375 g/mol. The van der Waals surface area contributed by atoms with Crippen molar-refractivity contribution in [1.82, 2.24) is 20.7 Å². The molecule has 1 aromatic heterocycles. The maximum absolute atomic E-state index is 12.2. The van der Waals surface area contributed by atoms with Crippen LogP contribution in [0.4, 0.5) is 5.95 Å². The summed E-state index contributed by atoms with van der Waals surface area (Å²) in [6.45, 7) is 3.51. The van der Waals surface area contributed by atoms with E-state index in [0.29, 0.717) is 11.5 Å². The van der Waals surface area contributed by atoms with Crippen LogP contribution < -0.4 is 16.2 Å². The first-order valence-electron chi connectivity index (χ1n) is 8.82. The van der Waals surface area contributed by atoms with Gasteiger partial charge in [0.15, 0.2) is 0 Å². The van der Waals surface area contributed by atoms with Crippen LogP contribution in [0.5, 0.6) is 0 Å². The molecule has 3 rings (SSSR count). The first-order chi connectivity index (χ1) is 13.5. The van der Waals surface area contributed by atoms with Crippen molar-refractivity contribution in [3.8, 4) is 11.1 Å². The Morgan fingerprint density at radius 3 is 2.11 bits per heavy atom. The number of hydrogen-bond donors (Lipinski definition) is 3. The van der Waals surface area contributed by atoms with E-state index in [1.165, 1.54) is 0 Å². The van der Waals surface area contributed by atoms with Crippen LogP contribution in [0.25, 0.3) is 11.1 Å². The molecule has 0 spiro atoms. The summed E-state index contributed by atoms with van der Waals surface area (Å²) in [6, 6.07) is 18.9. The molecule has 0 atom stereocenters. The minimum atomic E-state index is -0.406. The molecule has 3 N–H and O–H groups in total. The van der Waals surface area contributed by atoms with Gasteiger partial charge in [0.05, 0.1) is 6.54 Å². The number of carbonyl (C=O) groups is 2. The highest BCUT2D eigenvalue weighted by Crippen LogP contribution is 2.19. The SMILES string of the molecule is Cc1cc(C)nc(NNC(=O)CNC(=O)c2ccc(-c3ccccc3)cc2)n1. The van der Waals surface area contributed by atoms with Crippen molar-refractivity contribution in [3.63, 3.8) is 0 Å². The minimum Gasteiger partial charge on any atom is -0.343 e. The number of anilines is 1. The summed E-state index contributed by atoms with van der Waals surface area (Å²) in [6.07, 6.45) is 0. The van der Waals surface area contributed by atoms with E-state index in [2.05, 4.69) is 26.1 Å². The zero-order valence-corrected chi connectivity index (χ0v) is 15.7. The van der Waals surface area contributed by atoms with Crippen LogP contribution in [0, 0.1) is 13.8 Å². The number of benzene rings is 2. The third-order valence-electron chi connectivity index (χ3n) is 3.96. The zero-order valence-electron chi connectivity index (χ0n) is 15.7. The Balaban J connectivity index is 1.50. The maximum Gasteiger partial charge on any atom is 0.257 e. The molecule has 2 amide bonds. The van der Waals surface area contributed by atoms with Gasteiger partial charge in [0, 0.05) is 17.0 Å². The molecule has 0 saturated carbocycles. The van der Waals surface area contributed by atoms with Crippen molar-refractivity contribution >= 4 is 17.8 Å². The van der Waals surface area contributed by atoms with E-state index in [1.807, 2.05) is 62.4 Å². The van der Waals surface area contributed by atoms with Crippen molar-refractivity contribution in [2.24, 2.45) is 0 Å². The number of amides is 2. The largest absolute Gasteiger partial charge is 0.343 e. The van der Waals surface area contributed by atoms with Crippen molar-refractivity contribution in [3.05, 3.63) is 77.6 Å². The third-order valence-corrected chi connectivity index (χ3v) is 3.96. The number of carbonyl (C=O) groups excluding carboxylic acids is 2. The van der Waals surface area contributed by atoms with Gasteiger partial charge in [-0.1, -0.05) is 42.5 Å². The molecule has 2 aromatic carbocycles. The summed E-state index contributed by atoms with van der Waals surface area (Å²) in [4.78, 5) is 32.5. The van der Waals surface area contributed by atoms with Crippen molar-refractivity contribution in [1.29, 1.82) is 0 Å². The standard InChI is InChI=1S/C21H21N5O2/c1-14-12-15(2)24-21(23-14)26-25-19(27)13-22-20(28)18-10-8-17(9-11-18)16-6-4-3-5-7-16/h3-12H,13H2,1-2H3,(H,22,28)(H,25,27)(H,23,24,26). The molecule has 7 heteroatoms. The van der Waals surface area contributed by atoms with Gasteiger partial charge in [-0.15, -0.1) is 0 Å². The van der Waals surface area contributed by atoms with Gasteiger partial charge >= 0.3 is 0 Å². The number of aryl methyl sites for hydroxylation is 2. The first kappa shape index (κ1) is 19.0. The van der Waals surface area contributed by atoms with Crippen LogP contribution in [0.2, 0.25) is 0 Å². The highest BCUT2D eigenvalue weighted by Gasteiger charge is 2.09. The molecule has 0 aliphatic carbocycles. The lowest BCUT2D eigenvalue weighted by atomic mass is 10.0. The molecule has 7 nitrogen and oxygen atoms in total. The molecule has 0 saturated heterocycles. The van der Waals surface area contributed by atoms with Gasteiger partial charge in [0.2, 0.25) is 5.95 Å². The molecule has 1 heterocycles. The fourth-order valence-corrected chi connectivity index (χ4v) is 2.66. The summed E-state index contributed by atoms with van der Waals surface area (Å²) in [5.41, 5.74) is 9.26. The van der Waals surface area contributed by atoms with Gasteiger partial charge in [-0.3, -0.25) is 20.4 Å². The normalized spacial score (nSPS) is 10.2. The van der Waals surface area contributed by atoms with Crippen LogP contribution in [-0.4, -0.2) is 28.3 Å². The van der Waals surface area contributed by atoms with Crippen LogP contribution in [0.1, 0.15) is 21.7 Å². The van der Waals surface area contributed by atoms with E-state index in [1.54, 1.807) is 12.1 Å². The summed E-state index contributed by atoms with van der Waals surface area (Å²) in [5, 5.41) is 2.59. The Morgan fingerprint density at radius 1 is 0.857 bits per heavy atom. The average molecular weight is 375 g/mol. The van der Waals surface area contributed by atoms with Gasteiger partial charge < -0.3 is 5.32 Å². The van der Waals surface area contributed by atoms with E-state index in [0.717, 1.165) is 22.5 Å². The number of nitrogens with one attached hydrogen (secondary N) is 3. The lowest BCUT2D eigenvalue weighted by Crippen LogP contribution is -2.39. The van der Waals surface area contributed by atoms with Crippen LogP contribution in [0.3, 0.4) is 0 Å². The minimum absolute atomic E-state index is 0.170. The molecule has 0 fully saturated rings. The molecular formula is C21H21N5O2. The van der Waals surface area contributed by atoms with E-state index in [-0.39, 0.29) is 12.5 Å². The van der Waals surface area contributed by atoms with Crippen LogP contribution >= 0.6 is 0 Å². The number of aromatic nitrogens is 2. The van der Waals surface area contributed by atoms with E-state index in [4.69, 9.17) is 0 Å². The Bertz CT molecular complexity index is 952. The average Bonchev–Trinajstić information content (AvgIpc) is 2.70. The fourth-order valence-electron chi connectivity index (χ4n) is 2.66. The van der Waals surface area contributed by atoms with Crippen molar-refractivity contribution in [2.75, 3.05) is 12.0 Å². The molecule has 0 aliphatic heterocycles. The number of hydrogen-bond acceptors (Lipinski definition) is 5. The second kappa shape index (κ2) is 8.77. The van der Waals surface area contributed by atoms with E-state index >= 15 is 0 Å². The smallest absolute Gasteiger partial charge is 0.257 e. The van der Waals surface area contributed by atoms with Gasteiger partial charge in [0.25, 0.3) is 11.8 Å². The van der Waals surface area contributed by atoms with Gasteiger partial charge in [-0.25, -0.2) is 9.97 Å². The van der Waals surface area contributed by atoms with Gasteiger partial charge in [-0.2, -0.15) is 0 Å². The third kappa shape index (κ3) is 5.14. The lowest BCUT2D eigenvalue weighted by Gasteiger charge is -2.09. The summed E-state index contributed by atoms with van der Waals surface area (Å²) >= 11 is 0. The first-order valence-corrected chi connectivity index (χ1v) is 8.82. The van der Waals surface area contributed by atoms with Crippen molar-refractivity contribution in [2.45, 2.75) is 13.8 Å². The lowest BCUT2D eigenvalue weighted by molar-refractivity contribution is -0.119. The molecule has 3 aromatic rings. The number of nitrogens with zero attached hydrogens (tertiary/aromatic N) is 2. The highest BCUT2D eigenvalue weighted by molar-refractivity contribution is 5.96. The summed E-state index contributed by atoms with van der Waals surface area (Å²) in [7, 11) is 0. The summed E-state index contributed by atoms with van der Waals surface area (Å²) < 4.78 is 0. The predicted molar refractivity (Wildman–Crippen MR) is 107 cm³/mol. The molecule has 142 valence electrons. The molecule has 28 heavy (non-hydrogen) atoms. The number of rotatable bonds is 6. The molecule has 0 aliphatic rings. The molecule has 0 bridgehead atoms. The Kier molecular flexibility index (Phi) is 5.96. The Morgan fingerprint density at radius 2 is 1.46 bits per heavy atom. The topological polar surface area (TPSA) is 96.0 Å². The quantitative estimate of drug-likeness (QED) is 0.576. The van der Waals surface area contributed by atoms with Crippen molar-refractivity contribution < 1.29 is 9.59 Å². The predicted octanol–water partition coefficient (Wildman–Crippen LogP) is 2.63. The number of hydrazine groups is 1. The highest BCUT2D eigenvalue weighted by atomic mass is 16.2. The van der Waals surface area contributed by atoms with E-state index in [9.17, 15) is 9.59 Å². The Hall–Kier alpha value is -3.74.